The number of benzene rings is 2. The number of unbranched alkanes of at least 4 members (excludes halogenated alkanes) is 10. The molecule has 2 rings (SSSR count). The molecule has 0 bridgehead atoms. The molecule has 1 heteroatoms. The molecule has 166 valence electrons. The van der Waals surface area contributed by atoms with Crippen LogP contribution in [0.3, 0.4) is 0 Å². The predicted octanol–water partition coefficient (Wildman–Crippen LogP) is 9.05. The maximum absolute atomic E-state index is 12.9. The van der Waals surface area contributed by atoms with E-state index in [-0.39, 0.29) is 5.78 Å². The lowest BCUT2D eigenvalue weighted by Crippen LogP contribution is -1.99. The smallest absolute Gasteiger partial charge is 0.181 e. The van der Waals surface area contributed by atoms with E-state index < -0.39 is 0 Å². The fourth-order valence-electron chi connectivity index (χ4n) is 3.84. The third-order valence-corrected chi connectivity index (χ3v) is 5.73. The number of allylic oxidation sites excluding steroid dienone is 2. The average molecular weight is 417 g/mol. The van der Waals surface area contributed by atoms with Gasteiger partial charge in [0.1, 0.15) is 0 Å². The maximum Gasteiger partial charge on any atom is 0.181 e. The van der Waals surface area contributed by atoms with Crippen LogP contribution in [0.1, 0.15) is 95.1 Å². The number of carbonyl (C=O) groups is 1. The highest BCUT2D eigenvalue weighted by molar-refractivity contribution is 6.09. The van der Waals surface area contributed by atoms with Gasteiger partial charge in [0.25, 0.3) is 0 Å². The van der Waals surface area contributed by atoms with Crippen LogP contribution >= 0.6 is 0 Å². The Labute approximate surface area is 190 Å². The third-order valence-electron chi connectivity index (χ3n) is 5.73. The number of rotatable bonds is 16. The summed E-state index contributed by atoms with van der Waals surface area (Å²) in [6.07, 6.45) is 21.1. The van der Waals surface area contributed by atoms with Gasteiger partial charge in [-0.2, -0.15) is 0 Å². The lowest BCUT2D eigenvalue weighted by atomic mass is 9.98. The minimum Gasteiger partial charge on any atom is -0.290 e. The van der Waals surface area contributed by atoms with E-state index in [1.165, 1.54) is 64.2 Å². The molecular weight excluding hydrogens is 376 g/mol. The zero-order chi connectivity index (χ0) is 22.0. The van der Waals surface area contributed by atoms with E-state index in [2.05, 4.69) is 25.1 Å². The SMILES string of the molecule is CCCCCCCCCCCCCC(=Cc1ccccc1)C(=O)C=Cc1ccccc1. The fraction of sp³-hybridized carbons (Fsp3) is 0.433. The minimum absolute atomic E-state index is 0.125. The van der Waals surface area contributed by atoms with Crippen LogP contribution in [0.25, 0.3) is 12.2 Å². The Bertz CT molecular complexity index is 771. The number of hydrogen-bond acceptors (Lipinski definition) is 1. The largest absolute Gasteiger partial charge is 0.290 e. The van der Waals surface area contributed by atoms with E-state index in [4.69, 9.17) is 0 Å². The lowest BCUT2D eigenvalue weighted by Gasteiger charge is -2.06. The van der Waals surface area contributed by atoms with Gasteiger partial charge >= 0.3 is 0 Å². The quantitative estimate of drug-likeness (QED) is 0.197. The van der Waals surface area contributed by atoms with Crippen molar-refractivity contribution in [2.45, 2.75) is 84.0 Å². The van der Waals surface area contributed by atoms with Crippen LogP contribution in [0.15, 0.2) is 72.3 Å². The van der Waals surface area contributed by atoms with Crippen molar-refractivity contribution < 1.29 is 4.79 Å². The molecule has 0 unspecified atom stereocenters. The summed E-state index contributed by atoms with van der Waals surface area (Å²) in [5.41, 5.74) is 3.07. The van der Waals surface area contributed by atoms with Crippen molar-refractivity contribution in [1.29, 1.82) is 0 Å². The second kappa shape index (κ2) is 16.3. The summed E-state index contributed by atoms with van der Waals surface area (Å²) >= 11 is 0. The first-order valence-electron chi connectivity index (χ1n) is 12.3. The van der Waals surface area contributed by atoms with E-state index >= 15 is 0 Å². The Morgan fingerprint density at radius 2 is 1.13 bits per heavy atom. The van der Waals surface area contributed by atoms with Crippen LogP contribution in [-0.4, -0.2) is 5.78 Å². The molecule has 2 aromatic rings. The van der Waals surface area contributed by atoms with Crippen molar-refractivity contribution in [3.8, 4) is 0 Å². The van der Waals surface area contributed by atoms with Crippen molar-refractivity contribution in [1.82, 2.24) is 0 Å². The molecule has 0 saturated carbocycles. The predicted molar refractivity (Wildman–Crippen MR) is 136 cm³/mol. The van der Waals surface area contributed by atoms with Gasteiger partial charge in [0.15, 0.2) is 5.78 Å². The van der Waals surface area contributed by atoms with Crippen LogP contribution < -0.4 is 0 Å². The van der Waals surface area contributed by atoms with E-state index in [9.17, 15) is 4.79 Å². The number of carbonyl (C=O) groups excluding carboxylic acids is 1. The van der Waals surface area contributed by atoms with Crippen molar-refractivity contribution in [3.05, 3.63) is 83.4 Å². The Morgan fingerprint density at radius 3 is 1.68 bits per heavy atom. The van der Waals surface area contributed by atoms with Gasteiger partial charge in [0.2, 0.25) is 0 Å². The molecule has 0 atom stereocenters. The highest BCUT2D eigenvalue weighted by Gasteiger charge is 2.07. The number of ketones is 1. The zero-order valence-electron chi connectivity index (χ0n) is 19.4. The molecular formula is C30H40O. The molecule has 0 N–H and O–H groups in total. The molecule has 0 saturated heterocycles. The van der Waals surface area contributed by atoms with E-state index in [1.807, 2.05) is 54.6 Å². The van der Waals surface area contributed by atoms with Crippen LogP contribution in [-0.2, 0) is 4.79 Å². The molecule has 0 amide bonds. The Balaban J connectivity index is 1.77. The molecule has 0 radical (unpaired) electrons. The topological polar surface area (TPSA) is 17.1 Å². The minimum atomic E-state index is 0.125. The maximum atomic E-state index is 12.9. The molecule has 0 aliphatic heterocycles. The Morgan fingerprint density at radius 1 is 0.645 bits per heavy atom. The van der Waals surface area contributed by atoms with Crippen molar-refractivity contribution >= 4 is 17.9 Å². The molecule has 31 heavy (non-hydrogen) atoms. The van der Waals surface area contributed by atoms with Gasteiger partial charge in [0, 0.05) is 5.57 Å². The summed E-state index contributed by atoms with van der Waals surface area (Å²) < 4.78 is 0. The highest BCUT2D eigenvalue weighted by Crippen LogP contribution is 2.18. The van der Waals surface area contributed by atoms with Gasteiger partial charge in [-0.3, -0.25) is 4.79 Å². The highest BCUT2D eigenvalue weighted by atomic mass is 16.1. The number of hydrogen-bond donors (Lipinski definition) is 0. The normalized spacial score (nSPS) is 11.8. The monoisotopic (exact) mass is 416 g/mol. The van der Waals surface area contributed by atoms with Crippen LogP contribution in [0.5, 0.6) is 0 Å². The molecule has 0 aromatic heterocycles. The van der Waals surface area contributed by atoms with E-state index in [1.54, 1.807) is 6.08 Å². The zero-order valence-corrected chi connectivity index (χ0v) is 19.4. The molecule has 0 heterocycles. The molecule has 0 spiro atoms. The molecule has 0 aliphatic carbocycles. The lowest BCUT2D eigenvalue weighted by molar-refractivity contribution is -0.111. The van der Waals surface area contributed by atoms with E-state index in [0.717, 1.165) is 29.5 Å². The van der Waals surface area contributed by atoms with Crippen molar-refractivity contribution in [3.63, 3.8) is 0 Å². The fourth-order valence-corrected chi connectivity index (χ4v) is 3.84. The van der Waals surface area contributed by atoms with Crippen LogP contribution in [0.2, 0.25) is 0 Å². The van der Waals surface area contributed by atoms with Gasteiger partial charge in [-0.25, -0.2) is 0 Å². The summed E-state index contributed by atoms with van der Waals surface area (Å²) in [6, 6.07) is 20.2. The molecule has 0 fully saturated rings. The van der Waals surface area contributed by atoms with Gasteiger partial charge < -0.3 is 0 Å². The Kier molecular flexibility index (Phi) is 13.1. The summed E-state index contributed by atoms with van der Waals surface area (Å²) in [7, 11) is 0. The third kappa shape index (κ3) is 11.5. The first kappa shape index (κ1) is 24.9. The first-order chi connectivity index (χ1) is 15.3. The van der Waals surface area contributed by atoms with Gasteiger partial charge in [-0.15, -0.1) is 0 Å². The second-order valence-electron chi connectivity index (χ2n) is 8.47. The molecule has 0 aliphatic rings. The first-order valence-corrected chi connectivity index (χ1v) is 12.3. The van der Waals surface area contributed by atoms with Gasteiger partial charge in [0.05, 0.1) is 0 Å². The van der Waals surface area contributed by atoms with Gasteiger partial charge in [-0.1, -0.05) is 138 Å². The van der Waals surface area contributed by atoms with E-state index in [0.29, 0.717) is 0 Å². The summed E-state index contributed by atoms with van der Waals surface area (Å²) in [4.78, 5) is 12.9. The molecule has 1 nitrogen and oxygen atoms in total. The van der Waals surface area contributed by atoms with Crippen LogP contribution in [0.4, 0.5) is 0 Å². The molecule has 2 aromatic carbocycles. The summed E-state index contributed by atoms with van der Waals surface area (Å²) in [5, 5.41) is 0. The van der Waals surface area contributed by atoms with Crippen molar-refractivity contribution in [2.24, 2.45) is 0 Å². The summed E-state index contributed by atoms with van der Waals surface area (Å²) in [5.74, 6) is 0.125. The second-order valence-corrected chi connectivity index (χ2v) is 8.47. The summed E-state index contributed by atoms with van der Waals surface area (Å²) in [6.45, 7) is 2.27. The van der Waals surface area contributed by atoms with Crippen molar-refractivity contribution in [2.75, 3.05) is 0 Å². The Hall–Kier alpha value is -2.41. The van der Waals surface area contributed by atoms with Gasteiger partial charge in [-0.05, 0) is 36.1 Å². The average Bonchev–Trinajstić information content (AvgIpc) is 2.81. The standard InChI is InChI=1S/C30H40O/c1-2-3-4-5-6-7-8-9-10-11-18-23-29(26-28-21-16-13-17-22-28)30(31)25-24-27-19-14-12-15-20-27/h12-17,19-22,24-26H,2-11,18,23H2,1H3. The van der Waals surface area contributed by atoms with Crippen LogP contribution in [0, 0.1) is 0 Å².